The van der Waals surface area contributed by atoms with Gasteiger partial charge in [-0.2, -0.15) is 5.10 Å². The van der Waals surface area contributed by atoms with Crippen molar-refractivity contribution in [2.75, 3.05) is 12.0 Å². The summed E-state index contributed by atoms with van der Waals surface area (Å²) in [4.78, 5) is 17.8. The molecule has 7 heteroatoms. The lowest BCUT2D eigenvalue weighted by molar-refractivity contribution is 0.229. The first-order valence-corrected chi connectivity index (χ1v) is 7.50. The topological polar surface area (TPSA) is 62.5 Å². The predicted octanol–water partition coefficient (Wildman–Crippen LogP) is 3.53. The van der Waals surface area contributed by atoms with E-state index in [1.807, 2.05) is 32.0 Å². The second-order valence-corrected chi connectivity index (χ2v) is 5.66. The fraction of sp³-hybridized carbons (Fsp3) is 0.188. The molecule has 0 spiro atoms. The van der Waals surface area contributed by atoms with Crippen molar-refractivity contribution >= 4 is 29.7 Å². The van der Waals surface area contributed by atoms with E-state index in [0.717, 1.165) is 16.9 Å². The van der Waals surface area contributed by atoms with Gasteiger partial charge in [-0.05, 0) is 37.6 Å². The lowest BCUT2D eigenvalue weighted by Crippen LogP contribution is -2.32. The van der Waals surface area contributed by atoms with Crippen LogP contribution in [0.15, 0.2) is 41.5 Å². The third kappa shape index (κ3) is 3.27. The summed E-state index contributed by atoms with van der Waals surface area (Å²) >= 11 is 6.28. The normalized spacial score (nSPS) is 13.4. The van der Waals surface area contributed by atoms with Crippen molar-refractivity contribution in [1.82, 2.24) is 14.7 Å². The Bertz CT molecular complexity index is 809. The molecule has 118 valence electrons. The summed E-state index contributed by atoms with van der Waals surface area (Å²) < 4.78 is 1.64. The van der Waals surface area contributed by atoms with Crippen LogP contribution < -0.4 is 5.32 Å². The number of benzene rings is 1. The zero-order chi connectivity index (χ0) is 16.4. The van der Waals surface area contributed by atoms with Gasteiger partial charge >= 0.3 is 6.03 Å². The highest BCUT2D eigenvalue weighted by molar-refractivity contribution is 6.32. The minimum atomic E-state index is -0.275. The molecule has 2 heterocycles. The Hall–Kier alpha value is -2.60. The first kappa shape index (κ1) is 15.3. The Kier molecular flexibility index (Phi) is 4.16. The molecule has 0 saturated heterocycles. The number of aryl methyl sites for hydroxylation is 2. The lowest BCUT2D eigenvalue weighted by atomic mass is 10.2. The monoisotopic (exact) mass is 329 g/mol. The number of aliphatic imine (C=N–C) groups is 1. The average Bonchev–Trinajstić information content (AvgIpc) is 2.91. The van der Waals surface area contributed by atoms with E-state index in [-0.39, 0.29) is 6.03 Å². The van der Waals surface area contributed by atoms with E-state index < -0.39 is 0 Å². The highest BCUT2D eigenvalue weighted by atomic mass is 35.5. The number of hydrogen-bond acceptors (Lipinski definition) is 3. The van der Waals surface area contributed by atoms with Crippen molar-refractivity contribution in [3.8, 4) is 5.69 Å². The van der Waals surface area contributed by atoms with Crippen molar-refractivity contribution < 1.29 is 4.79 Å². The van der Waals surface area contributed by atoms with Crippen molar-refractivity contribution in [3.05, 3.63) is 52.8 Å². The second kappa shape index (κ2) is 6.26. The highest BCUT2D eigenvalue weighted by Gasteiger charge is 2.17. The zero-order valence-corrected chi connectivity index (χ0v) is 13.6. The summed E-state index contributed by atoms with van der Waals surface area (Å²) in [5, 5.41) is 7.85. The van der Waals surface area contributed by atoms with Crippen LogP contribution in [0.4, 0.5) is 10.6 Å². The number of carbonyl (C=O) groups excluding carboxylic acids is 1. The number of urea groups is 1. The van der Waals surface area contributed by atoms with Gasteiger partial charge in [-0.25, -0.2) is 9.48 Å². The summed E-state index contributed by atoms with van der Waals surface area (Å²) in [6.45, 7) is 4.13. The molecule has 1 aliphatic heterocycles. The van der Waals surface area contributed by atoms with E-state index in [1.54, 1.807) is 29.2 Å². The van der Waals surface area contributed by atoms with Crippen molar-refractivity contribution in [2.24, 2.45) is 4.99 Å². The van der Waals surface area contributed by atoms with Crippen LogP contribution in [0.1, 0.15) is 11.3 Å². The molecule has 0 unspecified atom stereocenters. The van der Waals surface area contributed by atoms with Crippen molar-refractivity contribution in [2.45, 2.75) is 13.8 Å². The van der Waals surface area contributed by atoms with Gasteiger partial charge in [0.05, 0.1) is 16.4 Å². The largest absolute Gasteiger partial charge is 0.328 e. The molecule has 1 aromatic carbocycles. The summed E-state index contributed by atoms with van der Waals surface area (Å²) in [5.41, 5.74) is 2.57. The fourth-order valence-corrected chi connectivity index (χ4v) is 2.45. The van der Waals surface area contributed by atoms with Gasteiger partial charge in [0.1, 0.15) is 12.5 Å². The van der Waals surface area contributed by atoms with Crippen molar-refractivity contribution in [1.29, 1.82) is 0 Å². The SMILES string of the molecule is Cc1ccc(Cl)c(-n2nc(C)cc2NC(=O)N2C=CC=NC2)c1. The van der Waals surface area contributed by atoms with E-state index >= 15 is 0 Å². The summed E-state index contributed by atoms with van der Waals surface area (Å²) in [7, 11) is 0. The quantitative estimate of drug-likeness (QED) is 0.916. The Morgan fingerprint density at radius 3 is 2.87 bits per heavy atom. The first-order chi connectivity index (χ1) is 11.0. The molecule has 0 atom stereocenters. The first-order valence-electron chi connectivity index (χ1n) is 7.12. The van der Waals surface area contributed by atoms with Crippen LogP contribution in [0.25, 0.3) is 5.69 Å². The van der Waals surface area contributed by atoms with Crippen LogP contribution in [0, 0.1) is 13.8 Å². The fourth-order valence-electron chi connectivity index (χ4n) is 2.26. The van der Waals surface area contributed by atoms with Gasteiger partial charge in [0.2, 0.25) is 0 Å². The Balaban J connectivity index is 1.92. The molecule has 1 aliphatic rings. The zero-order valence-electron chi connectivity index (χ0n) is 12.8. The van der Waals surface area contributed by atoms with Gasteiger partial charge in [0.25, 0.3) is 0 Å². The lowest BCUT2D eigenvalue weighted by Gasteiger charge is -2.19. The molecule has 0 fully saturated rings. The highest BCUT2D eigenvalue weighted by Crippen LogP contribution is 2.25. The molecule has 23 heavy (non-hydrogen) atoms. The number of hydrogen-bond donors (Lipinski definition) is 1. The van der Waals surface area contributed by atoms with E-state index in [2.05, 4.69) is 15.4 Å². The van der Waals surface area contributed by atoms with Gasteiger partial charge < -0.3 is 0 Å². The molecule has 0 bridgehead atoms. The molecular formula is C16H16ClN5O. The molecule has 1 aromatic heterocycles. The van der Waals surface area contributed by atoms with Crippen LogP contribution in [0.2, 0.25) is 5.02 Å². The molecule has 3 rings (SSSR count). The minimum absolute atomic E-state index is 0.275. The van der Waals surface area contributed by atoms with Gasteiger partial charge in [-0.15, -0.1) is 0 Å². The average molecular weight is 330 g/mol. The smallest absolute Gasteiger partial charge is 0.292 e. The molecule has 6 nitrogen and oxygen atoms in total. The number of anilines is 1. The number of rotatable bonds is 2. The van der Waals surface area contributed by atoms with E-state index in [1.165, 1.54) is 4.90 Å². The third-order valence-corrected chi connectivity index (χ3v) is 3.67. The summed E-state index contributed by atoms with van der Waals surface area (Å²) in [5.74, 6) is 0.558. The predicted molar refractivity (Wildman–Crippen MR) is 91.4 cm³/mol. The number of nitrogens with zero attached hydrogens (tertiary/aromatic N) is 4. The van der Waals surface area contributed by atoms with Crippen LogP contribution in [0.5, 0.6) is 0 Å². The number of halogens is 1. The Labute approximate surface area is 139 Å². The number of allylic oxidation sites excluding steroid dienone is 1. The van der Waals surface area contributed by atoms with Crippen LogP contribution in [-0.2, 0) is 0 Å². The van der Waals surface area contributed by atoms with Gasteiger partial charge in [0, 0.05) is 18.5 Å². The summed E-state index contributed by atoms with van der Waals surface area (Å²) in [6, 6.07) is 7.19. The van der Waals surface area contributed by atoms with Gasteiger partial charge in [-0.1, -0.05) is 17.7 Å². The number of amides is 2. The van der Waals surface area contributed by atoms with Gasteiger partial charge in [0.15, 0.2) is 0 Å². The minimum Gasteiger partial charge on any atom is -0.292 e. The third-order valence-electron chi connectivity index (χ3n) is 3.35. The standard InChI is InChI=1S/C16H16ClN5O/c1-11-4-5-13(17)14(8-11)22-15(9-12(2)20-22)19-16(23)21-7-3-6-18-10-21/h3-9H,10H2,1-2H3,(H,19,23). The Morgan fingerprint density at radius 1 is 1.30 bits per heavy atom. The second-order valence-electron chi connectivity index (χ2n) is 5.25. The molecule has 0 aliphatic carbocycles. The molecular weight excluding hydrogens is 314 g/mol. The van der Waals surface area contributed by atoms with E-state index in [9.17, 15) is 4.79 Å². The van der Waals surface area contributed by atoms with E-state index in [0.29, 0.717) is 17.5 Å². The number of nitrogens with one attached hydrogen (secondary N) is 1. The van der Waals surface area contributed by atoms with E-state index in [4.69, 9.17) is 11.6 Å². The number of aromatic nitrogens is 2. The van der Waals surface area contributed by atoms with Crippen LogP contribution in [0.3, 0.4) is 0 Å². The molecule has 2 amide bonds. The molecule has 0 saturated carbocycles. The number of carbonyl (C=O) groups is 1. The van der Waals surface area contributed by atoms with Gasteiger partial charge in [-0.3, -0.25) is 15.2 Å². The van der Waals surface area contributed by atoms with Crippen molar-refractivity contribution in [3.63, 3.8) is 0 Å². The van der Waals surface area contributed by atoms with Crippen LogP contribution in [-0.4, -0.2) is 33.6 Å². The molecule has 2 aromatic rings. The van der Waals surface area contributed by atoms with Crippen LogP contribution >= 0.6 is 11.6 Å². The maximum atomic E-state index is 12.3. The maximum Gasteiger partial charge on any atom is 0.328 e. The maximum absolute atomic E-state index is 12.3. The summed E-state index contributed by atoms with van der Waals surface area (Å²) in [6.07, 6.45) is 5.04. The molecule has 0 radical (unpaired) electrons. The molecule has 1 N–H and O–H groups in total. The Morgan fingerprint density at radius 2 is 2.13 bits per heavy atom.